The molecule has 0 aliphatic heterocycles. The first-order valence-electron chi connectivity index (χ1n) is 8.07. The molecule has 3 rings (SSSR count). The monoisotopic (exact) mass is 370 g/mol. The molecule has 6 heteroatoms. The van der Waals surface area contributed by atoms with Crippen molar-refractivity contribution in [2.45, 2.75) is 24.1 Å². The van der Waals surface area contributed by atoms with E-state index in [1.807, 2.05) is 31.2 Å². The number of carbonyl (C=O) groups excluding carboxylic acids is 2. The van der Waals surface area contributed by atoms with E-state index in [2.05, 4.69) is 10.3 Å². The minimum absolute atomic E-state index is 0.00651. The molecule has 0 aliphatic rings. The van der Waals surface area contributed by atoms with Crippen LogP contribution in [0.2, 0.25) is 0 Å². The van der Waals surface area contributed by atoms with Crippen LogP contribution in [0, 0.1) is 0 Å². The van der Waals surface area contributed by atoms with E-state index in [0.29, 0.717) is 23.4 Å². The molecular formula is C19H18N2O2S2. The lowest BCUT2D eigenvalue weighted by Gasteiger charge is -2.05. The molecule has 0 atom stereocenters. The van der Waals surface area contributed by atoms with Crippen molar-refractivity contribution in [3.05, 3.63) is 54.1 Å². The number of hydrogen-bond acceptors (Lipinski definition) is 5. The van der Waals surface area contributed by atoms with Crippen LogP contribution in [0.4, 0.5) is 5.69 Å². The quantitative estimate of drug-likeness (QED) is 0.469. The smallest absolute Gasteiger partial charge is 0.224 e. The third-order valence-corrected chi connectivity index (χ3v) is 5.75. The van der Waals surface area contributed by atoms with Crippen LogP contribution in [-0.2, 0) is 4.79 Å². The summed E-state index contributed by atoms with van der Waals surface area (Å²) in [5, 5.41) is 2.82. The Bertz CT molecular complexity index is 855. The highest BCUT2D eigenvalue weighted by atomic mass is 32.2. The number of Topliss-reactive ketones (excluding diaryl/α,β-unsaturated/α-hetero) is 1. The van der Waals surface area contributed by atoms with Crippen LogP contribution in [0.1, 0.15) is 30.1 Å². The third kappa shape index (κ3) is 4.67. The van der Waals surface area contributed by atoms with Gasteiger partial charge in [0.2, 0.25) is 5.91 Å². The van der Waals surface area contributed by atoms with Crippen molar-refractivity contribution in [2.75, 3.05) is 11.1 Å². The van der Waals surface area contributed by atoms with Crippen molar-refractivity contribution in [3.63, 3.8) is 0 Å². The number of thiazole rings is 1. The van der Waals surface area contributed by atoms with Gasteiger partial charge < -0.3 is 5.32 Å². The van der Waals surface area contributed by atoms with Gasteiger partial charge in [0, 0.05) is 17.7 Å². The van der Waals surface area contributed by atoms with E-state index in [4.69, 9.17) is 0 Å². The zero-order valence-electron chi connectivity index (χ0n) is 13.8. The second-order valence-electron chi connectivity index (χ2n) is 5.53. The first-order chi connectivity index (χ1) is 12.2. The van der Waals surface area contributed by atoms with E-state index < -0.39 is 0 Å². The zero-order chi connectivity index (χ0) is 17.6. The number of fused-ring (bicyclic) bond motifs is 1. The fourth-order valence-electron chi connectivity index (χ4n) is 2.31. The Morgan fingerprint density at radius 1 is 1.12 bits per heavy atom. The number of ketones is 1. The lowest BCUT2D eigenvalue weighted by Crippen LogP contribution is -2.10. The molecule has 1 amide bonds. The summed E-state index contributed by atoms with van der Waals surface area (Å²) in [5.74, 6) is 0.394. The van der Waals surface area contributed by atoms with Gasteiger partial charge in [0.25, 0.3) is 0 Å². The molecule has 25 heavy (non-hydrogen) atoms. The molecule has 0 spiro atoms. The maximum atomic E-state index is 12.3. The second kappa shape index (κ2) is 8.27. The minimum atomic E-state index is -0.00651. The number of anilines is 1. The minimum Gasteiger partial charge on any atom is -0.326 e. The molecule has 1 heterocycles. The summed E-state index contributed by atoms with van der Waals surface area (Å²) < 4.78 is 2.03. The summed E-state index contributed by atoms with van der Waals surface area (Å²) in [6.45, 7) is 1.96. The highest BCUT2D eigenvalue weighted by molar-refractivity contribution is 8.01. The number of para-hydroxylation sites is 1. The van der Waals surface area contributed by atoms with E-state index >= 15 is 0 Å². The van der Waals surface area contributed by atoms with Gasteiger partial charge in [-0.15, -0.1) is 11.3 Å². The fraction of sp³-hybridized carbons (Fsp3) is 0.211. The number of aromatic nitrogens is 1. The van der Waals surface area contributed by atoms with Gasteiger partial charge in [-0.2, -0.15) is 0 Å². The van der Waals surface area contributed by atoms with Crippen LogP contribution in [0.3, 0.4) is 0 Å². The number of nitrogens with one attached hydrogen (secondary N) is 1. The van der Waals surface area contributed by atoms with Crippen molar-refractivity contribution in [1.29, 1.82) is 0 Å². The molecule has 0 bridgehead atoms. The Kier molecular flexibility index (Phi) is 5.83. The number of nitrogens with zero attached hydrogens (tertiary/aromatic N) is 1. The van der Waals surface area contributed by atoms with E-state index in [1.165, 1.54) is 11.8 Å². The Morgan fingerprint density at radius 2 is 1.88 bits per heavy atom. The summed E-state index contributed by atoms with van der Waals surface area (Å²) in [4.78, 5) is 28.4. The van der Waals surface area contributed by atoms with Gasteiger partial charge in [0.15, 0.2) is 10.1 Å². The summed E-state index contributed by atoms with van der Waals surface area (Å²) >= 11 is 3.06. The predicted octanol–water partition coefficient (Wildman–Crippen LogP) is 5.01. The summed E-state index contributed by atoms with van der Waals surface area (Å²) in [6.07, 6.45) is 1.31. The van der Waals surface area contributed by atoms with Gasteiger partial charge in [-0.1, -0.05) is 30.8 Å². The third-order valence-electron chi connectivity index (χ3n) is 3.57. The molecule has 0 fully saturated rings. The molecule has 0 saturated carbocycles. The average Bonchev–Trinajstić information content (AvgIpc) is 3.03. The normalized spacial score (nSPS) is 10.8. The number of benzene rings is 2. The van der Waals surface area contributed by atoms with Crippen molar-refractivity contribution in [1.82, 2.24) is 4.98 Å². The number of thioether (sulfide) groups is 1. The number of carbonyl (C=O) groups is 2. The van der Waals surface area contributed by atoms with Crippen LogP contribution in [0.5, 0.6) is 0 Å². The molecule has 0 radical (unpaired) electrons. The van der Waals surface area contributed by atoms with Crippen LogP contribution in [-0.4, -0.2) is 22.4 Å². The van der Waals surface area contributed by atoms with Gasteiger partial charge in [0.1, 0.15) is 0 Å². The molecule has 3 aromatic rings. The van der Waals surface area contributed by atoms with Crippen molar-refractivity contribution in [2.24, 2.45) is 0 Å². The first kappa shape index (κ1) is 17.6. The van der Waals surface area contributed by atoms with Crippen LogP contribution < -0.4 is 5.32 Å². The number of amides is 1. The van der Waals surface area contributed by atoms with Crippen molar-refractivity contribution < 1.29 is 9.59 Å². The van der Waals surface area contributed by atoms with E-state index in [-0.39, 0.29) is 11.7 Å². The Labute approximate surface area is 154 Å². The lowest BCUT2D eigenvalue weighted by molar-refractivity contribution is -0.116. The van der Waals surface area contributed by atoms with Crippen LogP contribution >= 0.6 is 23.1 Å². The second-order valence-corrected chi connectivity index (χ2v) is 7.79. The molecule has 4 nitrogen and oxygen atoms in total. The standard InChI is InChI=1S/C19H18N2O2S2/c1-2-5-18(23)20-14-10-8-13(9-11-14)16(22)12-24-19-21-15-6-3-4-7-17(15)25-19/h3-4,6-11H,2,5,12H2,1H3,(H,20,23). The topological polar surface area (TPSA) is 59.1 Å². The fourth-order valence-corrected chi connectivity index (χ4v) is 4.28. The van der Waals surface area contributed by atoms with E-state index in [9.17, 15) is 9.59 Å². The molecular weight excluding hydrogens is 352 g/mol. The van der Waals surface area contributed by atoms with E-state index in [1.54, 1.807) is 35.6 Å². The summed E-state index contributed by atoms with van der Waals surface area (Å²) in [5.41, 5.74) is 2.32. The SMILES string of the molecule is CCCC(=O)Nc1ccc(C(=O)CSc2nc3ccccc3s2)cc1. The van der Waals surface area contributed by atoms with Gasteiger partial charge in [-0.3, -0.25) is 9.59 Å². The highest BCUT2D eigenvalue weighted by Gasteiger charge is 2.10. The van der Waals surface area contributed by atoms with Gasteiger partial charge in [-0.05, 0) is 42.8 Å². The molecule has 128 valence electrons. The average molecular weight is 370 g/mol. The Morgan fingerprint density at radius 3 is 2.60 bits per heavy atom. The van der Waals surface area contributed by atoms with Crippen LogP contribution in [0.25, 0.3) is 10.2 Å². The Balaban J connectivity index is 1.58. The number of hydrogen-bond donors (Lipinski definition) is 1. The zero-order valence-corrected chi connectivity index (χ0v) is 15.5. The van der Waals surface area contributed by atoms with Crippen LogP contribution in [0.15, 0.2) is 52.9 Å². The summed E-state index contributed by atoms with van der Waals surface area (Å²) in [7, 11) is 0. The molecule has 0 saturated heterocycles. The predicted molar refractivity (Wildman–Crippen MR) is 105 cm³/mol. The Hall–Kier alpha value is -2.18. The maximum absolute atomic E-state index is 12.3. The highest BCUT2D eigenvalue weighted by Crippen LogP contribution is 2.29. The van der Waals surface area contributed by atoms with Gasteiger partial charge in [0.05, 0.1) is 16.0 Å². The maximum Gasteiger partial charge on any atom is 0.224 e. The summed E-state index contributed by atoms with van der Waals surface area (Å²) in [6, 6.07) is 15.0. The molecule has 1 N–H and O–H groups in total. The molecule has 0 aliphatic carbocycles. The van der Waals surface area contributed by atoms with Crippen molar-refractivity contribution >= 4 is 50.7 Å². The van der Waals surface area contributed by atoms with Gasteiger partial charge in [-0.25, -0.2) is 4.98 Å². The lowest BCUT2D eigenvalue weighted by atomic mass is 10.1. The number of rotatable bonds is 7. The largest absolute Gasteiger partial charge is 0.326 e. The van der Waals surface area contributed by atoms with Gasteiger partial charge >= 0.3 is 0 Å². The molecule has 2 aromatic carbocycles. The van der Waals surface area contributed by atoms with Crippen molar-refractivity contribution in [3.8, 4) is 0 Å². The molecule has 0 unspecified atom stereocenters. The van der Waals surface area contributed by atoms with E-state index in [0.717, 1.165) is 21.0 Å². The molecule has 1 aromatic heterocycles. The first-order valence-corrected chi connectivity index (χ1v) is 9.87.